The number of methoxy groups -OCH3 is 1. The third kappa shape index (κ3) is 8.31. The van der Waals surface area contributed by atoms with Gasteiger partial charge in [-0.1, -0.05) is 4.98 Å². The molecule has 0 unspecified atom stereocenters. The zero-order valence-electron chi connectivity index (χ0n) is 22.1. The molecule has 210 valence electrons. The molecular formula is C26H35F3N3O5S+. The van der Waals surface area contributed by atoms with Crippen molar-refractivity contribution in [2.24, 2.45) is 0 Å². The van der Waals surface area contributed by atoms with E-state index in [4.69, 9.17) is 24.1 Å². The van der Waals surface area contributed by atoms with Crippen LogP contribution in [-0.4, -0.2) is 73.2 Å². The molecule has 0 aliphatic carbocycles. The van der Waals surface area contributed by atoms with E-state index < -0.39 is 17.3 Å². The van der Waals surface area contributed by atoms with Gasteiger partial charge in [-0.3, -0.25) is 0 Å². The van der Waals surface area contributed by atoms with Gasteiger partial charge >= 0.3 is 12.1 Å². The summed E-state index contributed by atoms with van der Waals surface area (Å²) < 4.78 is 63.5. The fraction of sp³-hybridized carbons (Fsp3) is 0.538. The van der Waals surface area contributed by atoms with Gasteiger partial charge in [-0.05, 0) is 39.0 Å². The molecule has 0 aliphatic rings. The summed E-state index contributed by atoms with van der Waals surface area (Å²) >= 11 is 1.67. The van der Waals surface area contributed by atoms with Crippen molar-refractivity contribution in [2.75, 3.05) is 52.5 Å². The predicted octanol–water partition coefficient (Wildman–Crippen LogP) is 4.23. The Labute approximate surface area is 224 Å². The SMILES string of the molecule is COc1cc[n+](-c2nc3ccc(C(F)(F)F)cc3[nH]2)c(CSCC(C)(C)OCCOCCOCCO)c1C. The highest BCUT2D eigenvalue weighted by molar-refractivity contribution is 7.98. The number of aromatic nitrogens is 3. The molecule has 0 bridgehead atoms. The second-order valence-electron chi connectivity index (χ2n) is 9.17. The summed E-state index contributed by atoms with van der Waals surface area (Å²) in [5.74, 6) is 2.43. The van der Waals surface area contributed by atoms with Crippen LogP contribution in [0.3, 0.4) is 0 Å². The van der Waals surface area contributed by atoms with Crippen molar-refractivity contribution in [2.45, 2.75) is 38.3 Å². The van der Waals surface area contributed by atoms with Crippen molar-refractivity contribution in [3.05, 3.63) is 47.3 Å². The Hall–Kier alpha value is -2.38. The summed E-state index contributed by atoms with van der Waals surface area (Å²) in [4.78, 5) is 7.57. The maximum Gasteiger partial charge on any atom is 0.416 e. The van der Waals surface area contributed by atoms with E-state index in [9.17, 15) is 13.2 Å². The molecule has 0 spiro atoms. The summed E-state index contributed by atoms with van der Waals surface area (Å²) in [6.07, 6.45) is -2.63. The number of alkyl halides is 3. The third-order valence-corrected chi connectivity index (χ3v) is 7.11. The molecule has 0 amide bonds. The van der Waals surface area contributed by atoms with Crippen molar-refractivity contribution in [3.63, 3.8) is 0 Å². The first-order valence-corrected chi connectivity index (χ1v) is 13.3. The van der Waals surface area contributed by atoms with Crippen molar-refractivity contribution >= 4 is 22.8 Å². The summed E-state index contributed by atoms with van der Waals surface area (Å²) in [5.41, 5.74) is 1.44. The zero-order valence-corrected chi connectivity index (χ0v) is 22.9. The van der Waals surface area contributed by atoms with E-state index in [-0.39, 0.29) is 6.61 Å². The molecule has 2 N–H and O–H groups in total. The second kappa shape index (κ2) is 13.6. The van der Waals surface area contributed by atoms with Crippen LogP contribution in [0.4, 0.5) is 13.2 Å². The molecule has 1 aromatic carbocycles. The number of aliphatic hydroxyl groups is 1. The maximum atomic E-state index is 13.2. The predicted molar refractivity (Wildman–Crippen MR) is 139 cm³/mol. The van der Waals surface area contributed by atoms with E-state index >= 15 is 0 Å². The molecule has 3 rings (SSSR count). The summed E-state index contributed by atoms with van der Waals surface area (Å²) in [6, 6.07) is 5.28. The molecule has 8 nitrogen and oxygen atoms in total. The number of H-pyrrole nitrogens is 1. The van der Waals surface area contributed by atoms with Gasteiger partial charge in [0.25, 0.3) is 0 Å². The van der Waals surface area contributed by atoms with E-state index in [1.165, 1.54) is 6.07 Å². The fourth-order valence-corrected chi connectivity index (χ4v) is 4.99. The van der Waals surface area contributed by atoms with E-state index in [2.05, 4.69) is 9.97 Å². The van der Waals surface area contributed by atoms with Gasteiger partial charge in [0.2, 0.25) is 0 Å². The largest absolute Gasteiger partial charge is 0.496 e. The second-order valence-corrected chi connectivity index (χ2v) is 10.2. The number of rotatable bonds is 15. The molecule has 0 saturated carbocycles. The average Bonchev–Trinajstić information content (AvgIpc) is 3.29. The fourth-order valence-electron chi connectivity index (χ4n) is 3.76. The van der Waals surface area contributed by atoms with Gasteiger partial charge in [-0.25, -0.2) is 9.55 Å². The smallest absolute Gasteiger partial charge is 0.416 e. The number of benzene rings is 1. The minimum atomic E-state index is -4.43. The number of hydrogen-bond donors (Lipinski definition) is 2. The Bertz CT molecular complexity index is 1190. The quantitative estimate of drug-likeness (QED) is 0.213. The van der Waals surface area contributed by atoms with Crippen LogP contribution < -0.4 is 9.30 Å². The molecule has 3 aromatic rings. The van der Waals surface area contributed by atoms with Gasteiger partial charge in [-0.15, -0.1) is 0 Å². The van der Waals surface area contributed by atoms with Crippen LogP contribution in [0, 0.1) is 6.92 Å². The number of ether oxygens (including phenoxy) is 4. The highest BCUT2D eigenvalue weighted by atomic mass is 32.2. The van der Waals surface area contributed by atoms with Crippen molar-refractivity contribution < 1.29 is 41.8 Å². The van der Waals surface area contributed by atoms with Crippen LogP contribution in [0.2, 0.25) is 0 Å². The maximum absolute atomic E-state index is 13.2. The number of hydrogen-bond acceptors (Lipinski definition) is 7. The molecule has 12 heteroatoms. The van der Waals surface area contributed by atoms with E-state index in [1.807, 2.05) is 25.3 Å². The summed E-state index contributed by atoms with van der Waals surface area (Å²) in [5, 5.41) is 8.68. The van der Waals surface area contributed by atoms with Crippen molar-refractivity contribution in [1.82, 2.24) is 9.97 Å². The first kappa shape index (κ1) is 30.2. The number of halogens is 3. The number of imidazole rings is 1. The molecule has 0 radical (unpaired) electrons. The lowest BCUT2D eigenvalue weighted by Gasteiger charge is -2.25. The summed E-state index contributed by atoms with van der Waals surface area (Å²) in [7, 11) is 1.60. The highest BCUT2D eigenvalue weighted by Gasteiger charge is 2.32. The third-order valence-electron chi connectivity index (χ3n) is 5.73. The minimum Gasteiger partial charge on any atom is -0.496 e. The number of aromatic amines is 1. The molecular weight excluding hydrogens is 523 g/mol. The van der Waals surface area contributed by atoms with Crippen LogP contribution in [0.1, 0.15) is 30.7 Å². The highest BCUT2D eigenvalue weighted by Crippen LogP contribution is 2.31. The summed E-state index contributed by atoms with van der Waals surface area (Å²) in [6.45, 7) is 7.98. The lowest BCUT2D eigenvalue weighted by molar-refractivity contribution is -0.610. The van der Waals surface area contributed by atoms with Crippen molar-refractivity contribution in [1.29, 1.82) is 0 Å². The Kier molecular flexibility index (Phi) is 10.8. The first-order valence-electron chi connectivity index (χ1n) is 12.2. The molecule has 2 heterocycles. The van der Waals surface area contributed by atoms with Gasteiger partial charge in [0, 0.05) is 23.1 Å². The monoisotopic (exact) mass is 558 g/mol. The number of fused-ring (bicyclic) bond motifs is 1. The van der Waals surface area contributed by atoms with Crippen LogP contribution >= 0.6 is 11.8 Å². The lowest BCUT2D eigenvalue weighted by atomic mass is 10.2. The Morgan fingerprint density at radius 3 is 2.45 bits per heavy atom. The molecule has 0 aliphatic heterocycles. The van der Waals surface area contributed by atoms with Gasteiger partial charge in [0.15, 0.2) is 5.52 Å². The van der Waals surface area contributed by atoms with Crippen LogP contribution in [0.25, 0.3) is 17.0 Å². The molecule has 2 aromatic heterocycles. The van der Waals surface area contributed by atoms with E-state index in [0.29, 0.717) is 67.3 Å². The average molecular weight is 559 g/mol. The molecule has 0 atom stereocenters. The normalized spacial score (nSPS) is 12.4. The van der Waals surface area contributed by atoms with Gasteiger partial charge in [0.1, 0.15) is 17.0 Å². The van der Waals surface area contributed by atoms with Crippen molar-refractivity contribution in [3.8, 4) is 11.7 Å². The molecule has 0 fully saturated rings. The van der Waals surface area contributed by atoms with Crippen LogP contribution in [-0.2, 0) is 26.1 Å². The first-order chi connectivity index (χ1) is 18.1. The Balaban J connectivity index is 1.66. The number of pyridine rings is 1. The number of thioether (sulfide) groups is 1. The topological polar surface area (TPSA) is 89.7 Å². The standard InChI is InChI=1S/C26H35F3N3O5S/c1-18-22(16-38-17-25(2,3)37-14-13-36-12-11-35-10-9-33)32(8-7-23(18)34-4)24-30-20-6-5-19(26(27,28)29)15-21(20)31-24/h5-8,15,33H,9-14,16-17H2,1-4H3,(H,30,31)/q+1. The lowest BCUT2D eigenvalue weighted by Crippen LogP contribution is -2.38. The van der Waals surface area contributed by atoms with E-state index in [0.717, 1.165) is 23.4 Å². The van der Waals surface area contributed by atoms with Gasteiger partial charge in [-0.2, -0.15) is 24.9 Å². The van der Waals surface area contributed by atoms with Gasteiger partial charge < -0.3 is 24.1 Å². The molecule has 38 heavy (non-hydrogen) atoms. The Morgan fingerprint density at radius 1 is 1.05 bits per heavy atom. The number of nitrogens with one attached hydrogen (secondary N) is 1. The van der Waals surface area contributed by atoms with E-state index in [1.54, 1.807) is 31.1 Å². The number of nitrogens with zero attached hydrogens (tertiary/aromatic N) is 2. The Morgan fingerprint density at radius 2 is 1.76 bits per heavy atom. The minimum absolute atomic E-state index is 0.00860. The molecule has 0 saturated heterocycles. The van der Waals surface area contributed by atoms with Crippen LogP contribution in [0.5, 0.6) is 5.75 Å². The number of aliphatic hydroxyl groups excluding tert-OH is 1. The zero-order chi connectivity index (χ0) is 27.8. The van der Waals surface area contributed by atoms with Crippen LogP contribution in [0.15, 0.2) is 30.5 Å². The van der Waals surface area contributed by atoms with Gasteiger partial charge in [0.05, 0.1) is 64.1 Å².